The lowest BCUT2D eigenvalue weighted by Crippen LogP contribution is -2.52. The van der Waals surface area contributed by atoms with E-state index in [4.69, 9.17) is 11.6 Å². The number of azo groups is 1. The van der Waals surface area contributed by atoms with Gasteiger partial charge in [0, 0.05) is 41.4 Å². The number of alkyl halides is 3. The second kappa shape index (κ2) is 8.20. The van der Waals surface area contributed by atoms with Gasteiger partial charge in [-0.1, -0.05) is 0 Å². The van der Waals surface area contributed by atoms with Crippen molar-refractivity contribution in [2.24, 2.45) is 10.2 Å². The monoisotopic (exact) mass is 448 g/mol. The summed E-state index contributed by atoms with van der Waals surface area (Å²) in [5, 5.41) is 21.3. The molecule has 2 aliphatic rings. The van der Waals surface area contributed by atoms with Gasteiger partial charge in [0.15, 0.2) is 0 Å². The second-order valence-corrected chi connectivity index (χ2v) is 7.46. The number of aliphatic hydroxyl groups is 1. The molecule has 11 heteroatoms. The van der Waals surface area contributed by atoms with E-state index in [1.165, 1.54) is 42.7 Å². The number of anilines is 2. The number of nitrogens with zero attached hydrogens (tertiary/aromatic N) is 4. The number of halogens is 3. The maximum Gasteiger partial charge on any atom is 0.487 e. The number of aromatic nitrogens is 1. The van der Waals surface area contributed by atoms with E-state index in [1.807, 2.05) is 0 Å². The largest absolute Gasteiger partial charge is 0.487 e. The summed E-state index contributed by atoms with van der Waals surface area (Å²) in [6.07, 6.45) is 6.86. The van der Waals surface area contributed by atoms with Gasteiger partial charge < -0.3 is 20.1 Å². The Morgan fingerprint density at radius 3 is 2.71 bits per heavy atom. The molecular formula is C20H17ClF2N5O3. The van der Waals surface area contributed by atoms with Gasteiger partial charge in [0.05, 0.1) is 12.2 Å². The number of hydrogen-bond donors (Lipinski definition) is 2. The molecule has 1 aromatic carbocycles. The number of carbonyl (C=O) groups excluding carboxylic acids is 1. The Morgan fingerprint density at radius 1 is 1.32 bits per heavy atom. The van der Waals surface area contributed by atoms with Crippen LogP contribution in [0.2, 0.25) is 0 Å². The smallest absolute Gasteiger partial charge is 0.420 e. The first kappa shape index (κ1) is 21.1. The fourth-order valence-electron chi connectivity index (χ4n) is 3.74. The molecule has 2 aromatic rings. The average molecular weight is 449 g/mol. The van der Waals surface area contributed by atoms with Crippen molar-refractivity contribution in [2.45, 2.75) is 36.2 Å². The van der Waals surface area contributed by atoms with E-state index < -0.39 is 23.4 Å². The second-order valence-electron chi connectivity index (χ2n) is 7.02. The molecule has 0 aliphatic carbocycles. The molecule has 1 amide bonds. The molecule has 4 rings (SSSR count). The van der Waals surface area contributed by atoms with E-state index in [-0.39, 0.29) is 11.7 Å². The molecule has 8 nitrogen and oxygen atoms in total. The van der Waals surface area contributed by atoms with Crippen LogP contribution in [-0.2, 0) is 4.79 Å². The molecule has 161 valence electrons. The topological polar surface area (TPSA) is 99.4 Å². The first-order valence-corrected chi connectivity index (χ1v) is 9.72. The van der Waals surface area contributed by atoms with Crippen LogP contribution in [0.1, 0.15) is 12.8 Å². The van der Waals surface area contributed by atoms with Gasteiger partial charge in [-0.3, -0.25) is 9.78 Å². The van der Waals surface area contributed by atoms with E-state index in [9.17, 15) is 18.7 Å². The van der Waals surface area contributed by atoms with E-state index in [1.54, 1.807) is 17.2 Å². The molecule has 1 radical (unpaired) electrons. The van der Waals surface area contributed by atoms with Gasteiger partial charge in [0.1, 0.15) is 11.8 Å². The molecule has 1 fully saturated rings. The Bertz CT molecular complexity index is 986. The maximum absolute atomic E-state index is 13.1. The molecule has 0 bridgehead atoms. The van der Waals surface area contributed by atoms with Crippen molar-refractivity contribution in [1.82, 2.24) is 4.98 Å². The Balaban J connectivity index is 1.54. The van der Waals surface area contributed by atoms with Gasteiger partial charge in [-0.2, -0.15) is 5.11 Å². The fourth-order valence-corrected chi connectivity index (χ4v) is 3.82. The summed E-state index contributed by atoms with van der Waals surface area (Å²) in [5.74, 6) is -0.487. The van der Waals surface area contributed by atoms with Gasteiger partial charge in [-0.15, -0.1) is 13.9 Å². The van der Waals surface area contributed by atoms with Crippen LogP contribution in [0.5, 0.6) is 5.75 Å². The quantitative estimate of drug-likeness (QED) is 0.656. The van der Waals surface area contributed by atoms with Crippen molar-refractivity contribution in [3.8, 4) is 5.75 Å². The van der Waals surface area contributed by atoms with E-state index in [2.05, 4.69) is 31.3 Å². The summed E-state index contributed by atoms with van der Waals surface area (Å²) in [6, 6.07) is 8.88. The molecule has 0 saturated carbocycles. The van der Waals surface area contributed by atoms with Crippen molar-refractivity contribution < 1.29 is 23.4 Å². The zero-order chi connectivity index (χ0) is 22.1. The average Bonchev–Trinajstić information content (AvgIpc) is 3.36. The van der Waals surface area contributed by atoms with Crippen LogP contribution in [-0.4, -0.2) is 39.4 Å². The maximum atomic E-state index is 13.1. The molecule has 31 heavy (non-hydrogen) atoms. The number of hydrogen-bond acceptors (Lipinski definition) is 7. The minimum absolute atomic E-state index is 0.146. The number of rotatable bonds is 6. The molecular weight excluding hydrogens is 432 g/mol. The Labute approximate surface area is 181 Å². The van der Waals surface area contributed by atoms with Crippen LogP contribution in [0.3, 0.4) is 0 Å². The molecule has 0 spiro atoms. The number of pyridine rings is 1. The first-order valence-electron chi connectivity index (χ1n) is 9.34. The highest BCUT2D eigenvalue weighted by Crippen LogP contribution is 2.38. The van der Waals surface area contributed by atoms with E-state index in [0.29, 0.717) is 24.2 Å². The summed E-state index contributed by atoms with van der Waals surface area (Å²) in [6.45, 7) is 0. The lowest BCUT2D eigenvalue weighted by Gasteiger charge is -2.36. The van der Waals surface area contributed by atoms with Crippen molar-refractivity contribution in [2.75, 3.05) is 10.2 Å². The van der Waals surface area contributed by atoms with Crippen LogP contribution in [0.25, 0.3) is 0 Å². The lowest BCUT2D eigenvalue weighted by molar-refractivity contribution is -0.117. The SMILES string of the molecule is O=C(Nc1ccc(OC(F)(F)Cl)cc1)[C@H]1CC[C@H]([C@]2(O)C=CN=N2)N1c1[c]cncc1. The molecule has 0 unspecified atom stereocenters. The van der Waals surface area contributed by atoms with Crippen molar-refractivity contribution >= 4 is 28.9 Å². The van der Waals surface area contributed by atoms with Crippen LogP contribution in [0.15, 0.2) is 65.2 Å². The van der Waals surface area contributed by atoms with E-state index in [0.717, 1.165) is 0 Å². The standard InChI is InChI=1S/C20H17ClF2N5O3/c21-20(22,23)31-15-3-1-13(2-4-15)26-18(29)16-5-6-17(19(30)9-12-25-27-19)28(16)14-7-10-24-11-8-14/h1-4,7,9-12,16-17,30H,5-6H2,(H,26,29)/t16-,17-,19-/m1/s1. The van der Waals surface area contributed by atoms with Gasteiger partial charge in [0.2, 0.25) is 11.6 Å². The minimum Gasteiger partial charge on any atom is -0.420 e. The summed E-state index contributed by atoms with van der Waals surface area (Å²) >= 11 is 4.75. The van der Waals surface area contributed by atoms with Gasteiger partial charge in [0.25, 0.3) is 0 Å². The third kappa shape index (κ3) is 4.64. The number of ether oxygens (including phenoxy) is 1. The molecule has 3 heterocycles. The minimum atomic E-state index is -3.82. The van der Waals surface area contributed by atoms with Crippen LogP contribution >= 0.6 is 11.6 Å². The first-order chi connectivity index (χ1) is 14.8. The summed E-state index contributed by atoms with van der Waals surface area (Å²) < 4.78 is 29.8. The highest BCUT2D eigenvalue weighted by atomic mass is 35.5. The summed E-state index contributed by atoms with van der Waals surface area (Å²) in [4.78, 5) is 18.8. The molecule has 2 N–H and O–H groups in total. The molecule has 1 saturated heterocycles. The van der Waals surface area contributed by atoms with E-state index >= 15 is 0 Å². The Hall–Kier alpha value is -3.11. The third-order valence-corrected chi connectivity index (χ3v) is 5.10. The zero-order valence-corrected chi connectivity index (χ0v) is 16.7. The highest BCUT2D eigenvalue weighted by Gasteiger charge is 2.49. The zero-order valence-electron chi connectivity index (χ0n) is 16.0. The third-order valence-electron chi connectivity index (χ3n) is 5.02. The molecule has 2 aliphatic heterocycles. The number of amides is 1. The predicted octanol–water partition coefficient (Wildman–Crippen LogP) is 3.69. The van der Waals surface area contributed by atoms with Crippen LogP contribution in [0.4, 0.5) is 20.2 Å². The summed E-state index contributed by atoms with van der Waals surface area (Å²) in [5.41, 5.74) is -4.42. The van der Waals surface area contributed by atoms with Gasteiger partial charge >= 0.3 is 5.57 Å². The number of nitrogens with one attached hydrogen (secondary N) is 1. The highest BCUT2D eigenvalue weighted by molar-refractivity contribution is 6.20. The lowest BCUT2D eigenvalue weighted by atomic mass is 10.0. The van der Waals surface area contributed by atoms with Gasteiger partial charge in [-0.25, -0.2) is 0 Å². The van der Waals surface area contributed by atoms with Crippen molar-refractivity contribution in [3.63, 3.8) is 0 Å². The normalized spacial score (nSPS) is 25.1. The predicted molar refractivity (Wildman–Crippen MR) is 108 cm³/mol. The molecule has 1 aromatic heterocycles. The van der Waals surface area contributed by atoms with Gasteiger partial charge in [-0.05, 0) is 49.2 Å². The fraction of sp³-hybridized carbons (Fsp3) is 0.300. The number of carbonyl (C=O) groups is 1. The number of benzene rings is 1. The van der Waals surface area contributed by atoms with Crippen LogP contribution < -0.4 is 15.0 Å². The summed E-state index contributed by atoms with van der Waals surface area (Å²) in [7, 11) is 0. The Kier molecular flexibility index (Phi) is 5.59. The Morgan fingerprint density at radius 2 is 2.10 bits per heavy atom. The molecule has 3 atom stereocenters. The van der Waals surface area contributed by atoms with Crippen LogP contribution in [0, 0.1) is 6.07 Å². The van der Waals surface area contributed by atoms with Crippen molar-refractivity contribution in [1.29, 1.82) is 0 Å². The van der Waals surface area contributed by atoms with Crippen molar-refractivity contribution in [3.05, 3.63) is 61.1 Å².